The molecular formula is C9H11N3O3S. The molecule has 0 bridgehead atoms. The van der Waals surface area contributed by atoms with Gasteiger partial charge >= 0.3 is 0 Å². The summed E-state index contributed by atoms with van der Waals surface area (Å²) in [4.78, 5) is 2.47. The molecule has 0 aromatic heterocycles. The highest BCUT2D eigenvalue weighted by molar-refractivity contribution is 7.87. The van der Waals surface area contributed by atoms with Crippen molar-refractivity contribution >= 4 is 15.8 Å². The summed E-state index contributed by atoms with van der Waals surface area (Å²) in [5.74, 6) is 0. The molecule has 1 aromatic carbocycles. The average molecular weight is 241 g/mol. The Labute approximate surface area is 93.6 Å². The average Bonchev–Trinajstić information content (AvgIpc) is 2.17. The van der Waals surface area contributed by atoms with Gasteiger partial charge in [0, 0.05) is 4.91 Å². The molecule has 0 saturated carbocycles. The summed E-state index contributed by atoms with van der Waals surface area (Å²) in [7, 11) is -3.84. The van der Waals surface area contributed by atoms with Crippen LogP contribution in [0.3, 0.4) is 0 Å². The Morgan fingerprint density at radius 1 is 1.50 bits per heavy atom. The van der Waals surface area contributed by atoms with Crippen LogP contribution in [0.25, 0.3) is 10.4 Å². The number of azide groups is 1. The number of hydrogen-bond acceptors (Lipinski definition) is 4. The van der Waals surface area contributed by atoms with E-state index in [0.29, 0.717) is 0 Å². The van der Waals surface area contributed by atoms with E-state index in [4.69, 9.17) is 5.53 Å². The van der Waals surface area contributed by atoms with Crippen molar-refractivity contribution in [1.29, 1.82) is 0 Å². The molecule has 86 valence electrons. The second-order valence-electron chi connectivity index (χ2n) is 3.02. The van der Waals surface area contributed by atoms with Crippen molar-refractivity contribution in [3.8, 4) is 0 Å². The summed E-state index contributed by atoms with van der Waals surface area (Å²) < 4.78 is 27.9. The van der Waals surface area contributed by atoms with Gasteiger partial charge < -0.3 is 0 Å². The zero-order valence-electron chi connectivity index (χ0n) is 8.91. The first-order valence-electron chi connectivity index (χ1n) is 4.56. The Kier molecular flexibility index (Phi) is 3.89. The van der Waals surface area contributed by atoms with Gasteiger partial charge in [0.1, 0.15) is 4.90 Å². The Balaban J connectivity index is 3.39. The highest BCUT2D eigenvalue weighted by Gasteiger charge is 2.18. The predicted molar refractivity (Wildman–Crippen MR) is 58.8 cm³/mol. The van der Waals surface area contributed by atoms with E-state index in [1.807, 2.05) is 0 Å². The molecule has 0 unspecified atom stereocenters. The molecule has 0 radical (unpaired) electrons. The molecule has 0 atom stereocenters. The standard InChI is InChI=1S/C9H11N3O3S/c1-3-15-16(13,14)9-5-4-7(2)6-8(9)11-12-10/h4-6H,3H2,1-2H3. The van der Waals surface area contributed by atoms with Crippen LogP contribution in [0.1, 0.15) is 12.5 Å². The molecule has 0 fully saturated rings. The minimum atomic E-state index is -3.84. The lowest BCUT2D eigenvalue weighted by Gasteiger charge is -2.06. The van der Waals surface area contributed by atoms with E-state index < -0.39 is 10.1 Å². The zero-order chi connectivity index (χ0) is 12.2. The van der Waals surface area contributed by atoms with E-state index in [1.165, 1.54) is 12.1 Å². The Hall–Kier alpha value is -1.56. The summed E-state index contributed by atoms with van der Waals surface area (Å²) in [6.45, 7) is 3.37. The maximum absolute atomic E-state index is 11.6. The summed E-state index contributed by atoms with van der Waals surface area (Å²) in [6.07, 6.45) is 0. The van der Waals surface area contributed by atoms with Crippen molar-refractivity contribution in [3.05, 3.63) is 34.2 Å². The molecule has 1 rings (SSSR count). The van der Waals surface area contributed by atoms with Crippen LogP contribution in [0, 0.1) is 6.92 Å². The fourth-order valence-corrected chi connectivity index (χ4v) is 2.21. The van der Waals surface area contributed by atoms with E-state index in [-0.39, 0.29) is 17.2 Å². The van der Waals surface area contributed by atoms with Gasteiger partial charge in [0.2, 0.25) is 0 Å². The van der Waals surface area contributed by atoms with Crippen molar-refractivity contribution in [2.24, 2.45) is 5.11 Å². The minimum Gasteiger partial charge on any atom is -0.267 e. The molecule has 0 aliphatic carbocycles. The quantitative estimate of drug-likeness (QED) is 0.351. The van der Waals surface area contributed by atoms with Crippen molar-refractivity contribution < 1.29 is 12.6 Å². The van der Waals surface area contributed by atoms with Gasteiger partial charge in [0.15, 0.2) is 0 Å². The van der Waals surface area contributed by atoms with Gasteiger partial charge in [-0.2, -0.15) is 8.42 Å². The maximum Gasteiger partial charge on any atom is 0.297 e. The first-order valence-corrected chi connectivity index (χ1v) is 5.97. The van der Waals surface area contributed by atoms with E-state index >= 15 is 0 Å². The Morgan fingerprint density at radius 3 is 2.75 bits per heavy atom. The lowest BCUT2D eigenvalue weighted by atomic mass is 10.2. The lowest BCUT2D eigenvalue weighted by Crippen LogP contribution is -2.06. The van der Waals surface area contributed by atoms with Crippen LogP contribution in [-0.2, 0) is 14.3 Å². The van der Waals surface area contributed by atoms with E-state index in [9.17, 15) is 8.42 Å². The van der Waals surface area contributed by atoms with Crippen LogP contribution < -0.4 is 0 Å². The molecule has 1 aromatic rings. The molecule has 7 heteroatoms. The second-order valence-corrected chi connectivity index (χ2v) is 4.61. The topological polar surface area (TPSA) is 92.1 Å². The monoisotopic (exact) mass is 241 g/mol. The van der Waals surface area contributed by atoms with Gasteiger partial charge in [-0.1, -0.05) is 16.7 Å². The van der Waals surface area contributed by atoms with Crippen LogP contribution >= 0.6 is 0 Å². The van der Waals surface area contributed by atoms with Crippen molar-refractivity contribution in [1.82, 2.24) is 0 Å². The second kappa shape index (κ2) is 4.98. The van der Waals surface area contributed by atoms with Gasteiger partial charge in [-0.25, -0.2) is 0 Å². The number of hydrogen-bond donors (Lipinski definition) is 0. The molecule has 0 spiro atoms. The SMILES string of the molecule is CCOS(=O)(=O)c1ccc(C)cc1N=[N+]=[N-]. The largest absolute Gasteiger partial charge is 0.297 e. The third-order valence-corrected chi connectivity index (χ3v) is 3.24. The minimum absolute atomic E-state index is 0.0336. The molecule has 0 heterocycles. The third-order valence-electron chi connectivity index (χ3n) is 1.81. The molecule has 0 amide bonds. The van der Waals surface area contributed by atoms with Gasteiger partial charge in [-0.15, -0.1) is 0 Å². The first-order chi connectivity index (χ1) is 7.51. The summed E-state index contributed by atoms with van der Waals surface area (Å²) in [6, 6.07) is 4.47. The van der Waals surface area contributed by atoms with Crippen LogP contribution in [0.5, 0.6) is 0 Å². The third kappa shape index (κ3) is 2.73. The Bertz CT molecular complexity index is 533. The number of benzene rings is 1. The van der Waals surface area contributed by atoms with Crippen LogP contribution in [0.15, 0.2) is 28.2 Å². The fraction of sp³-hybridized carbons (Fsp3) is 0.333. The van der Waals surface area contributed by atoms with Gasteiger partial charge in [-0.3, -0.25) is 4.18 Å². The van der Waals surface area contributed by atoms with E-state index in [2.05, 4.69) is 14.2 Å². The summed E-state index contributed by atoms with van der Waals surface area (Å²) in [5.41, 5.74) is 9.21. The fourth-order valence-electron chi connectivity index (χ4n) is 1.18. The number of nitrogens with zero attached hydrogens (tertiary/aromatic N) is 3. The smallest absolute Gasteiger partial charge is 0.267 e. The lowest BCUT2D eigenvalue weighted by molar-refractivity contribution is 0.338. The van der Waals surface area contributed by atoms with Crippen LogP contribution in [0.4, 0.5) is 5.69 Å². The first kappa shape index (κ1) is 12.5. The van der Waals surface area contributed by atoms with E-state index in [0.717, 1.165) is 5.56 Å². The normalized spacial score (nSPS) is 10.9. The molecule has 0 aliphatic heterocycles. The molecule has 6 nitrogen and oxygen atoms in total. The van der Waals surface area contributed by atoms with Crippen molar-refractivity contribution in [2.75, 3.05) is 6.61 Å². The van der Waals surface area contributed by atoms with Crippen LogP contribution in [0.2, 0.25) is 0 Å². The van der Waals surface area contributed by atoms with Crippen molar-refractivity contribution in [3.63, 3.8) is 0 Å². The van der Waals surface area contributed by atoms with Gasteiger partial charge in [-0.05, 0) is 31.5 Å². The van der Waals surface area contributed by atoms with Gasteiger partial charge in [0.25, 0.3) is 10.1 Å². The van der Waals surface area contributed by atoms with E-state index in [1.54, 1.807) is 19.9 Å². The molecular weight excluding hydrogens is 230 g/mol. The predicted octanol–water partition coefficient (Wildman–Crippen LogP) is 2.66. The zero-order valence-corrected chi connectivity index (χ0v) is 9.73. The number of rotatable bonds is 4. The molecule has 16 heavy (non-hydrogen) atoms. The summed E-state index contributed by atoms with van der Waals surface area (Å²) in [5, 5.41) is 3.34. The van der Waals surface area contributed by atoms with Crippen molar-refractivity contribution in [2.45, 2.75) is 18.7 Å². The highest BCUT2D eigenvalue weighted by atomic mass is 32.2. The maximum atomic E-state index is 11.6. The molecule has 0 saturated heterocycles. The van der Waals surface area contributed by atoms with Crippen LogP contribution in [-0.4, -0.2) is 15.0 Å². The summed E-state index contributed by atoms with van der Waals surface area (Å²) >= 11 is 0. The van der Waals surface area contributed by atoms with Gasteiger partial charge in [0.05, 0.1) is 12.3 Å². The Morgan fingerprint density at radius 2 is 2.19 bits per heavy atom. The number of aryl methyl sites for hydroxylation is 1. The molecule has 0 N–H and O–H groups in total. The molecule has 0 aliphatic rings. The highest BCUT2D eigenvalue weighted by Crippen LogP contribution is 2.27.